The number of hydrogen-bond donors (Lipinski definition) is 0. The smallest absolute Gasteiger partial charge is 0.336 e. The Hall–Kier alpha value is -3.21. The van der Waals surface area contributed by atoms with Crippen molar-refractivity contribution >= 4 is 17.5 Å². The van der Waals surface area contributed by atoms with Gasteiger partial charge in [0.2, 0.25) is 0 Å². The number of carbonyl (C=O) groups is 2. The van der Waals surface area contributed by atoms with Crippen molar-refractivity contribution in [3.63, 3.8) is 0 Å². The van der Waals surface area contributed by atoms with Gasteiger partial charge in [0.1, 0.15) is 11.5 Å². The highest BCUT2D eigenvalue weighted by Gasteiger charge is 2.48. The van der Waals surface area contributed by atoms with E-state index in [0.717, 1.165) is 23.3 Å². The standard InChI is InChI=1S/C30H35NO4/c1-19(2)35-25-14-10-9-13-22(25)27-26(29(33)34-16-15-21-11-7-6-8-12-21)20(3)31-23-17-30(4,5)18-24(32)28(23)27/h6-14,19,27-28H,15-18H2,1-5H3. The number of fused-ring (bicyclic) bond motifs is 1. The van der Waals surface area contributed by atoms with E-state index in [-0.39, 0.29) is 23.9 Å². The summed E-state index contributed by atoms with van der Waals surface area (Å²) in [5.41, 5.74) is 3.72. The second-order valence-corrected chi connectivity index (χ2v) is 10.6. The number of Topliss-reactive ketones (excluding diaryl/α,β-unsaturated/α-hetero) is 1. The van der Waals surface area contributed by atoms with Crippen LogP contribution in [0.25, 0.3) is 0 Å². The zero-order valence-corrected chi connectivity index (χ0v) is 21.3. The molecule has 2 aromatic carbocycles. The average Bonchev–Trinajstić information content (AvgIpc) is 2.78. The molecule has 0 spiro atoms. The minimum Gasteiger partial charge on any atom is -0.491 e. The molecule has 0 aromatic heterocycles. The van der Waals surface area contributed by atoms with E-state index in [1.807, 2.05) is 75.4 Å². The SMILES string of the molecule is CC1=C(C(=O)OCCc2ccccc2)C(c2ccccc2OC(C)C)C2C(=O)CC(C)(C)CC2=N1. The van der Waals surface area contributed by atoms with E-state index in [1.54, 1.807) is 0 Å². The number of ketones is 1. The highest BCUT2D eigenvalue weighted by molar-refractivity contribution is 6.12. The number of carbonyl (C=O) groups excluding carboxylic acids is 2. The van der Waals surface area contributed by atoms with Crippen molar-refractivity contribution < 1.29 is 19.1 Å². The molecule has 1 aliphatic heterocycles. The second kappa shape index (κ2) is 10.2. The van der Waals surface area contributed by atoms with Crippen molar-refractivity contribution in [1.82, 2.24) is 0 Å². The summed E-state index contributed by atoms with van der Waals surface area (Å²) < 4.78 is 11.9. The fourth-order valence-electron chi connectivity index (χ4n) is 5.28. The molecule has 2 aliphatic rings. The number of ether oxygens (including phenoxy) is 2. The van der Waals surface area contributed by atoms with Gasteiger partial charge in [0.25, 0.3) is 0 Å². The molecule has 0 radical (unpaired) electrons. The third-order valence-corrected chi connectivity index (χ3v) is 6.67. The van der Waals surface area contributed by atoms with Crippen molar-refractivity contribution in [1.29, 1.82) is 0 Å². The zero-order valence-electron chi connectivity index (χ0n) is 21.3. The van der Waals surface area contributed by atoms with Crippen LogP contribution in [0, 0.1) is 11.3 Å². The first-order valence-corrected chi connectivity index (χ1v) is 12.4. The predicted molar refractivity (Wildman–Crippen MR) is 138 cm³/mol. The third-order valence-electron chi connectivity index (χ3n) is 6.67. The predicted octanol–water partition coefficient (Wildman–Crippen LogP) is 6.08. The topological polar surface area (TPSA) is 65.0 Å². The van der Waals surface area contributed by atoms with Crippen LogP contribution in [0.4, 0.5) is 0 Å². The van der Waals surface area contributed by atoms with Gasteiger partial charge < -0.3 is 9.47 Å². The summed E-state index contributed by atoms with van der Waals surface area (Å²) in [5.74, 6) is -0.575. The molecule has 2 aromatic rings. The molecule has 0 saturated heterocycles. The lowest BCUT2D eigenvalue weighted by Crippen LogP contribution is -2.44. The zero-order chi connectivity index (χ0) is 25.2. The van der Waals surface area contributed by atoms with E-state index >= 15 is 0 Å². The highest BCUT2D eigenvalue weighted by Crippen LogP contribution is 2.48. The summed E-state index contributed by atoms with van der Waals surface area (Å²) in [6.45, 7) is 10.2. The minimum absolute atomic E-state index is 0.0415. The number of aliphatic imine (C=N–C) groups is 1. The molecule has 4 rings (SSSR count). The van der Waals surface area contributed by atoms with E-state index in [2.05, 4.69) is 13.8 Å². The van der Waals surface area contributed by atoms with Gasteiger partial charge in [0.05, 0.1) is 24.2 Å². The maximum Gasteiger partial charge on any atom is 0.336 e. The molecule has 2 unspecified atom stereocenters. The van der Waals surface area contributed by atoms with Crippen LogP contribution in [-0.4, -0.2) is 30.2 Å². The monoisotopic (exact) mass is 473 g/mol. The molecule has 184 valence electrons. The van der Waals surface area contributed by atoms with Gasteiger partial charge in [0.15, 0.2) is 0 Å². The van der Waals surface area contributed by atoms with Crippen LogP contribution in [0.2, 0.25) is 0 Å². The number of hydrogen-bond acceptors (Lipinski definition) is 5. The molecular formula is C30H35NO4. The van der Waals surface area contributed by atoms with Gasteiger partial charge in [0, 0.05) is 35.7 Å². The van der Waals surface area contributed by atoms with Crippen molar-refractivity contribution in [2.75, 3.05) is 6.61 Å². The highest BCUT2D eigenvalue weighted by atomic mass is 16.5. The Morgan fingerprint density at radius 2 is 1.71 bits per heavy atom. The van der Waals surface area contributed by atoms with Gasteiger partial charge in [-0.3, -0.25) is 9.79 Å². The fraction of sp³-hybridized carbons (Fsp3) is 0.433. The summed E-state index contributed by atoms with van der Waals surface area (Å²) in [6, 6.07) is 17.6. The van der Waals surface area contributed by atoms with Gasteiger partial charge in [-0.05, 0) is 44.2 Å². The van der Waals surface area contributed by atoms with Gasteiger partial charge >= 0.3 is 5.97 Å². The first kappa shape index (κ1) is 24.9. The Labute approximate surface area is 208 Å². The second-order valence-electron chi connectivity index (χ2n) is 10.6. The van der Waals surface area contributed by atoms with Crippen LogP contribution >= 0.6 is 0 Å². The van der Waals surface area contributed by atoms with Crippen LogP contribution < -0.4 is 4.74 Å². The average molecular weight is 474 g/mol. The fourth-order valence-corrected chi connectivity index (χ4v) is 5.28. The Morgan fingerprint density at radius 3 is 2.43 bits per heavy atom. The number of rotatable bonds is 7. The summed E-state index contributed by atoms with van der Waals surface area (Å²) in [7, 11) is 0. The van der Waals surface area contributed by atoms with Crippen LogP contribution in [0.15, 0.2) is 70.9 Å². The summed E-state index contributed by atoms with van der Waals surface area (Å²) in [4.78, 5) is 31.9. The Morgan fingerprint density at radius 1 is 1.03 bits per heavy atom. The molecule has 1 fully saturated rings. The van der Waals surface area contributed by atoms with Crippen molar-refractivity contribution in [3.8, 4) is 5.75 Å². The molecule has 0 bridgehead atoms. The third kappa shape index (κ3) is 5.55. The number of allylic oxidation sites excluding steroid dienone is 1. The Bertz CT molecular complexity index is 1160. The Balaban J connectivity index is 1.72. The van der Waals surface area contributed by atoms with E-state index < -0.39 is 17.8 Å². The van der Waals surface area contributed by atoms with Crippen molar-refractivity contribution in [2.24, 2.45) is 16.3 Å². The molecule has 5 nitrogen and oxygen atoms in total. The molecule has 5 heteroatoms. The molecule has 1 saturated carbocycles. The first-order valence-electron chi connectivity index (χ1n) is 12.4. The van der Waals surface area contributed by atoms with E-state index in [4.69, 9.17) is 14.5 Å². The maximum atomic E-state index is 13.5. The van der Waals surface area contributed by atoms with Gasteiger partial charge in [-0.2, -0.15) is 0 Å². The molecular weight excluding hydrogens is 438 g/mol. The quantitative estimate of drug-likeness (QED) is 0.457. The number of benzene rings is 2. The van der Waals surface area contributed by atoms with Gasteiger partial charge in [-0.15, -0.1) is 0 Å². The van der Waals surface area contributed by atoms with Crippen molar-refractivity contribution in [3.05, 3.63) is 77.0 Å². The van der Waals surface area contributed by atoms with E-state index in [0.29, 0.717) is 29.9 Å². The van der Waals surface area contributed by atoms with Crippen LogP contribution in [-0.2, 0) is 20.7 Å². The molecule has 0 amide bonds. The molecule has 0 N–H and O–H groups in total. The summed E-state index contributed by atoms with van der Waals surface area (Å²) >= 11 is 0. The normalized spacial score (nSPS) is 21.4. The minimum atomic E-state index is -0.486. The Kier molecular flexibility index (Phi) is 7.25. The van der Waals surface area contributed by atoms with Gasteiger partial charge in [-0.25, -0.2) is 4.79 Å². The molecule has 35 heavy (non-hydrogen) atoms. The van der Waals surface area contributed by atoms with Crippen molar-refractivity contribution in [2.45, 2.75) is 65.9 Å². The number of esters is 1. The first-order chi connectivity index (χ1) is 16.7. The van der Waals surface area contributed by atoms with E-state index in [9.17, 15) is 9.59 Å². The number of nitrogens with zero attached hydrogens (tertiary/aromatic N) is 1. The van der Waals surface area contributed by atoms with Gasteiger partial charge in [-0.1, -0.05) is 62.4 Å². The van der Waals surface area contributed by atoms with Crippen LogP contribution in [0.5, 0.6) is 5.75 Å². The molecule has 1 aliphatic carbocycles. The lowest BCUT2D eigenvalue weighted by atomic mass is 9.63. The summed E-state index contributed by atoms with van der Waals surface area (Å²) in [6.07, 6.45) is 1.76. The molecule has 2 atom stereocenters. The largest absolute Gasteiger partial charge is 0.491 e. The lowest BCUT2D eigenvalue weighted by Gasteiger charge is -2.41. The van der Waals surface area contributed by atoms with Crippen LogP contribution in [0.1, 0.15) is 64.5 Å². The van der Waals surface area contributed by atoms with Crippen LogP contribution in [0.3, 0.4) is 0 Å². The maximum absolute atomic E-state index is 13.5. The lowest BCUT2D eigenvalue weighted by molar-refractivity contribution is -0.139. The molecule has 1 heterocycles. The number of para-hydroxylation sites is 1. The summed E-state index contributed by atoms with van der Waals surface area (Å²) in [5, 5.41) is 0. The van der Waals surface area contributed by atoms with E-state index in [1.165, 1.54) is 0 Å².